The van der Waals surface area contributed by atoms with Crippen LogP contribution in [0.3, 0.4) is 0 Å². The Kier molecular flexibility index (Phi) is 7.23. The predicted molar refractivity (Wildman–Crippen MR) is 142 cm³/mol. The van der Waals surface area contributed by atoms with Crippen LogP contribution in [0.25, 0.3) is 6.08 Å². The molecule has 0 aliphatic carbocycles. The number of carbonyl (C=O) groups is 3. The molecule has 0 unspecified atom stereocenters. The fourth-order valence-corrected chi connectivity index (χ4v) is 5.23. The summed E-state index contributed by atoms with van der Waals surface area (Å²) in [5, 5.41) is 2.26. The maximum Gasteiger partial charge on any atom is 0.335 e. The van der Waals surface area contributed by atoms with E-state index >= 15 is 0 Å². The molecular formula is C27H22Br2N2O4. The van der Waals surface area contributed by atoms with Crippen LogP contribution in [-0.4, -0.2) is 17.8 Å². The maximum atomic E-state index is 13.2. The first-order chi connectivity index (χ1) is 16.6. The van der Waals surface area contributed by atoms with Gasteiger partial charge in [0.15, 0.2) is 0 Å². The van der Waals surface area contributed by atoms with Crippen molar-refractivity contribution in [2.75, 3.05) is 4.90 Å². The quantitative estimate of drug-likeness (QED) is 0.273. The molecule has 0 aromatic heterocycles. The molecule has 178 valence electrons. The number of barbiturate groups is 1. The largest absolute Gasteiger partial charge is 0.487 e. The summed E-state index contributed by atoms with van der Waals surface area (Å²) in [5.74, 6) is -0.831. The van der Waals surface area contributed by atoms with Gasteiger partial charge in [-0.3, -0.25) is 14.9 Å². The summed E-state index contributed by atoms with van der Waals surface area (Å²) in [6, 6.07) is 16.2. The number of nitrogens with one attached hydrogen (secondary N) is 1. The molecule has 0 radical (unpaired) electrons. The number of carbonyl (C=O) groups excluding carboxylic acids is 3. The highest BCUT2D eigenvalue weighted by molar-refractivity contribution is 9.11. The number of amides is 4. The average Bonchev–Trinajstić information content (AvgIpc) is 2.76. The minimum absolute atomic E-state index is 0.143. The van der Waals surface area contributed by atoms with Crippen molar-refractivity contribution in [3.8, 4) is 5.75 Å². The van der Waals surface area contributed by atoms with Gasteiger partial charge < -0.3 is 4.74 Å². The average molecular weight is 598 g/mol. The van der Waals surface area contributed by atoms with Crippen LogP contribution in [0, 0.1) is 20.8 Å². The summed E-state index contributed by atoms with van der Waals surface area (Å²) in [5.41, 5.74) is 4.85. The van der Waals surface area contributed by atoms with Crippen LogP contribution in [0.15, 0.2) is 69.1 Å². The number of benzene rings is 3. The van der Waals surface area contributed by atoms with Gasteiger partial charge in [-0.1, -0.05) is 35.9 Å². The molecule has 1 saturated heterocycles. The van der Waals surface area contributed by atoms with Gasteiger partial charge in [0.25, 0.3) is 11.8 Å². The summed E-state index contributed by atoms with van der Waals surface area (Å²) < 4.78 is 7.28. The smallest absolute Gasteiger partial charge is 0.335 e. The molecule has 1 N–H and O–H groups in total. The number of aryl methyl sites for hydroxylation is 3. The molecule has 6 nitrogen and oxygen atoms in total. The number of rotatable bonds is 5. The fraction of sp³-hybridized carbons (Fsp3) is 0.148. The summed E-state index contributed by atoms with van der Waals surface area (Å²) >= 11 is 7.04. The number of anilines is 1. The van der Waals surface area contributed by atoms with E-state index < -0.39 is 17.8 Å². The number of halogens is 2. The van der Waals surface area contributed by atoms with E-state index in [4.69, 9.17) is 4.74 Å². The highest BCUT2D eigenvalue weighted by Gasteiger charge is 2.37. The van der Waals surface area contributed by atoms with E-state index in [0.29, 0.717) is 32.6 Å². The van der Waals surface area contributed by atoms with Crippen LogP contribution in [0.5, 0.6) is 5.75 Å². The molecule has 3 aromatic carbocycles. The van der Waals surface area contributed by atoms with E-state index in [9.17, 15) is 14.4 Å². The number of ether oxygens (including phenoxy) is 1. The molecule has 0 saturated carbocycles. The van der Waals surface area contributed by atoms with E-state index in [1.165, 1.54) is 11.6 Å². The first kappa shape index (κ1) is 24.9. The minimum Gasteiger partial charge on any atom is -0.487 e. The van der Waals surface area contributed by atoms with Gasteiger partial charge in [0.2, 0.25) is 0 Å². The van der Waals surface area contributed by atoms with E-state index in [0.717, 1.165) is 21.6 Å². The molecular weight excluding hydrogens is 576 g/mol. The molecule has 35 heavy (non-hydrogen) atoms. The standard InChI is InChI=1S/C27H22Br2N2O4/c1-15-4-6-18(7-5-15)14-35-24-22(28)12-19(13-23(24)29)11-21-25(32)30-27(34)31(26(21)33)20-9-16(2)8-17(3)10-20/h4-13H,14H2,1-3H3,(H,30,32,34)/b21-11+. The molecule has 0 bridgehead atoms. The van der Waals surface area contributed by atoms with E-state index in [-0.39, 0.29) is 5.57 Å². The second-order valence-electron chi connectivity index (χ2n) is 8.39. The lowest BCUT2D eigenvalue weighted by Gasteiger charge is -2.27. The Labute approximate surface area is 220 Å². The molecule has 0 spiro atoms. The third-order valence-corrected chi connectivity index (χ3v) is 6.58. The Morgan fingerprint density at radius 3 is 2.06 bits per heavy atom. The molecule has 4 amide bonds. The van der Waals surface area contributed by atoms with Gasteiger partial charge in [-0.05, 0) is 105 Å². The van der Waals surface area contributed by atoms with Gasteiger partial charge in [-0.15, -0.1) is 0 Å². The highest BCUT2D eigenvalue weighted by atomic mass is 79.9. The number of imide groups is 2. The van der Waals surface area contributed by atoms with Gasteiger partial charge in [0.05, 0.1) is 14.6 Å². The number of urea groups is 1. The van der Waals surface area contributed by atoms with Crippen molar-refractivity contribution in [3.05, 3.63) is 96.9 Å². The zero-order chi connectivity index (χ0) is 25.3. The van der Waals surface area contributed by atoms with Crippen LogP contribution < -0.4 is 15.0 Å². The zero-order valence-electron chi connectivity index (χ0n) is 19.3. The third kappa shape index (κ3) is 5.55. The van der Waals surface area contributed by atoms with Gasteiger partial charge in [0, 0.05) is 0 Å². The summed E-state index contributed by atoms with van der Waals surface area (Å²) in [6.07, 6.45) is 1.46. The van der Waals surface area contributed by atoms with Gasteiger partial charge in [-0.25, -0.2) is 9.69 Å². The van der Waals surface area contributed by atoms with Crippen LogP contribution in [-0.2, 0) is 16.2 Å². The van der Waals surface area contributed by atoms with Gasteiger partial charge >= 0.3 is 6.03 Å². The Morgan fingerprint density at radius 1 is 0.857 bits per heavy atom. The van der Waals surface area contributed by atoms with Crippen molar-refractivity contribution in [3.63, 3.8) is 0 Å². The van der Waals surface area contributed by atoms with Crippen molar-refractivity contribution in [1.29, 1.82) is 0 Å². The molecule has 0 atom stereocenters. The van der Waals surface area contributed by atoms with Crippen molar-refractivity contribution in [2.24, 2.45) is 0 Å². The Morgan fingerprint density at radius 2 is 1.46 bits per heavy atom. The fourth-order valence-electron chi connectivity index (χ4n) is 3.78. The number of hydrogen-bond acceptors (Lipinski definition) is 4. The normalized spacial score (nSPS) is 14.9. The maximum absolute atomic E-state index is 13.2. The van der Waals surface area contributed by atoms with E-state index in [2.05, 4.69) is 37.2 Å². The van der Waals surface area contributed by atoms with E-state index in [1.54, 1.807) is 24.3 Å². The number of hydrogen-bond donors (Lipinski definition) is 1. The zero-order valence-corrected chi connectivity index (χ0v) is 22.5. The third-order valence-electron chi connectivity index (χ3n) is 5.40. The molecule has 8 heteroatoms. The Hall–Kier alpha value is -3.23. The summed E-state index contributed by atoms with van der Waals surface area (Å²) in [7, 11) is 0. The number of nitrogens with zero attached hydrogens (tertiary/aromatic N) is 1. The lowest BCUT2D eigenvalue weighted by Crippen LogP contribution is -2.54. The second kappa shape index (κ2) is 10.2. The lowest BCUT2D eigenvalue weighted by molar-refractivity contribution is -0.122. The molecule has 1 aliphatic heterocycles. The molecule has 3 aromatic rings. The van der Waals surface area contributed by atoms with Crippen LogP contribution in [0.1, 0.15) is 27.8 Å². The van der Waals surface area contributed by atoms with Crippen molar-refractivity contribution >= 4 is 61.5 Å². The van der Waals surface area contributed by atoms with Crippen LogP contribution in [0.4, 0.5) is 10.5 Å². The first-order valence-corrected chi connectivity index (χ1v) is 12.4. The summed E-state index contributed by atoms with van der Waals surface area (Å²) in [6.45, 7) is 6.16. The minimum atomic E-state index is -0.774. The van der Waals surface area contributed by atoms with Gasteiger partial charge in [-0.2, -0.15) is 0 Å². The van der Waals surface area contributed by atoms with Crippen LogP contribution in [0.2, 0.25) is 0 Å². The molecule has 4 rings (SSSR count). The second-order valence-corrected chi connectivity index (χ2v) is 10.1. The lowest BCUT2D eigenvalue weighted by atomic mass is 10.1. The molecule has 1 aliphatic rings. The predicted octanol–water partition coefficient (Wildman–Crippen LogP) is 6.38. The van der Waals surface area contributed by atoms with E-state index in [1.807, 2.05) is 51.1 Å². The monoisotopic (exact) mass is 596 g/mol. The van der Waals surface area contributed by atoms with Crippen molar-refractivity contribution in [2.45, 2.75) is 27.4 Å². The highest BCUT2D eigenvalue weighted by Crippen LogP contribution is 2.36. The van der Waals surface area contributed by atoms with Gasteiger partial charge in [0.1, 0.15) is 17.9 Å². The molecule has 1 fully saturated rings. The SMILES string of the molecule is Cc1ccc(COc2c(Br)cc(/C=C3\C(=O)NC(=O)N(c4cc(C)cc(C)c4)C3=O)cc2Br)cc1. The van der Waals surface area contributed by atoms with Crippen molar-refractivity contribution in [1.82, 2.24) is 5.32 Å². The summed E-state index contributed by atoms with van der Waals surface area (Å²) in [4.78, 5) is 39.3. The Balaban J connectivity index is 1.62. The topological polar surface area (TPSA) is 75.7 Å². The van der Waals surface area contributed by atoms with Crippen molar-refractivity contribution < 1.29 is 19.1 Å². The van der Waals surface area contributed by atoms with Crippen LogP contribution >= 0.6 is 31.9 Å². The Bertz CT molecular complexity index is 1340. The molecule has 1 heterocycles. The first-order valence-electron chi connectivity index (χ1n) is 10.8.